The van der Waals surface area contributed by atoms with Gasteiger partial charge in [-0.2, -0.15) is 0 Å². The minimum atomic E-state index is 0.258. The van der Waals surface area contributed by atoms with Gasteiger partial charge in [-0.1, -0.05) is 177 Å². The summed E-state index contributed by atoms with van der Waals surface area (Å²) in [5.41, 5.74) is 24.4. The summed E-state index contributed by atoms with van der Waals surface area (Å²) in [5.74, 6) is 1.07. The van der Waals surface area contributed by atoms with Crippen molar-refractivity contribution in [1.29, 1.82) is 0 Å². The number of rotatable bonds is 11. The van der Waals surface area contributed by atoms with Gasteiger partial charge in [-0.25, -0.2) is 0 Å². The van der Waals surface area contributed by atoms with Crippen molar-refractivity contribution in [3.63, 3.8) is 0 Å². The summed E-state index contributed by atoms with van der Waals surface area (Å²) in [6.45, 7) is 13.2. The number of aryl methyl sites for hydroxylation is 6. The summed E-state index contributed by atoms with van der Waals surface area (Å²) in [6, 6.07) is 74.3. The number of phenolic OH excluding ortho intramolecular Hbond substituents is 1. The number of benzene rings is 12. The second kappa shape index (κ2) is 20.6. The highest BCUT2D eigenvalue weighted by Crippen LogP contribution is 2.56. The molecule has 1 heterocycles. The molecule has 1 aromatic heterocycles. The second-order valence-corrected chi connectivity index (χ2v) is 24.6. The lowest BCUT2D eigenvalue weighted by molar-refractivity contribution is 0.478. The molecule has 13 aromatic rings. The van der Waals surface area contributed by atoms with Crippen molar-refractivity contribution in [2.45, 2.75) is 105 Å². The lowest BCUT2D eigenvalue weighted by Gasteiger charge is -2.33. The number of para-hydroxylation sites is 3. The Morgan fingerprint density at radius 2 is 0.857 bits per heavy atom. The number of phenols is 1. The van der Waals surface area contributed by atoms with Crippen LogP contribution in [0.3, 0.4) is 0 Å². The number of furan rings is 1. The molecule has 2 fully saturated rings. The first-order chi connectivity index (χ1) is 41.1. The van der Waals surface area contributed by atoms with Crippen LogP contribution < -0.4 is 9.80 Å². The fourth-order valence-corrected chi connectivity index (χ4v) is 15.1. The van der Waals surface area contributed by atoms with Gasteiger partial charge in [-0.3, -0.25) is 0 Å². The maximum Gasteiger partial charge on any atom is 0.159 e. The first-order valence-electron chi connectivity index (χ1n) is 30.6. The fraction of sp³-hybridized carbons (Fsp3) is 0.200. The zero-order chi connectivity index (χ0) is 56.9. The highest BCUT2D eigenvalue weighted by molar-refractivity contribution is 6.30. The van der Waals surface area contributed by atoms with Crippen LogP contribution in [0.4, 0.5) is 34.1 Å². The summed E-state index contributed by atoms with van der Waals surface area (Å²) in [7, 11) is 0. The topological polar surface area (TPSA) is 39.9 Å². The van der Waals surface area contributed by atoms with Crippen molar-refractivity contribution in [1.82, 2.24) is 0 Å². The lowest BCUT2D eigenvalue weighted by Crippen LogP contribution is -2.14. The molecule has 2 saturated carbocycles. The van der Waals surface area contributed by atoms with Crippen molar-refractivity contribution < 1.29 is 9.52 Å². The van der Waals surface area contributed by atoms with Crippen LogP contribution >= 0.6 is 0 Å². The van der Waals surface area contributed by atoms with Gasteiger partial charge in [0, 0.05) is 44.0 Å². The third-order valence-corrected chi connectivity index (χ3v) is 19.1. The van der Waals surface area contributed by atoms with E-state index < -0.39 is 0 Å². The zero-order valence-corrected chi connectivity index (χ0v) is 49.1. The molecular weight excluding hydrogens is 1020 g/mol. The standard InChI is InChI=1S/C80H70N2O2/c1-48-35-36-53(6)73(44-48)82(71-33-17-29-61(78(71)83)57-26-15-25-56(45-57)59-27-13-7-19-51(59)4)75-47-70(55-23-11-12-24-55)63-37-39-67-74(46-69(54-21-9-10-22-54)62-38-40-68(75)77(63)76(62)67)81(58-42-49(2)41-50(3)43-58)72-34-18-32-66-65-31-16-30-64(79(65)84-80(66)72)60-28-14-8-20-52(60)5/h7-8,13-20,25-47,54-55,83H,9-12,21-24H2,1-6H3. The minimum Gasteiger partial charge on any atom is -0.505 e. The van der Waals surface area contributed by atoms with Crippen molar-refractivity contribution >= 4 is 88.4 Å². The first kappa shape index (κ1) is 51.7. The van der Waals surface area contributed by atoms with E-state index in [2.05, 4.69) is 252 Å². The predicted octanol–water partition coefficient (Wildman–Crippen LogP) is 23.3. The van der Waals surface area contributed by atoms with Gasteiger partial charge in [-0.15, -0.1) is 0 Å². The van der Waals surface area contributed by atoms with E-state index in [4.69, 9.17) is 4.42 Å². The molecular formula is C80H70N2O2. The number of anilines is 6. The Labute approximate surface area is 493 Å². The molecule has 2 aliphatic rings. The van der Waals surface area contributed by atoms with E-state index in [0.717, 1.165) is 110 Å². The summed E-state index contributed by atoms with van der Waals surface area (Å²) < 4.78 is 7.39. The Hall–Kier alpha value is -9.12. The van der Waals surface area contributed by atoms with Gasteiger partial charge >= 0.3 is 0 Å². The van der Waals surface area contributed by atoms with E-state index in [1.165, 1.54) is 108 Å². The lowest BCUT2D eigenvalue weighted by atomic mass is 9.82. The Bertz CT molecular complexity index is 4720. The molecule has 12 aromatic carbocycles. The van der Waals surface area contributed by atoms with Crippen molar-refractivity contribution in [2.24, 2.45) is 0 Å². The van der Waals surface area contributed by atoms with E-state index in [0.29, 0.717) is 11.8 Å². The van der Waals surface area contributed by atoms with Crippen LogP contribution in [0.15, 0.2) is 205 Å². The van der Waals surface area contributed by atoms with Crippen LogP contribution in [0.25, 0.3) is 87.6 Å². The maximum absolute atomic E-state index is 13.2. The van der Waals surface area contributed by atoms with Crippen LogP contribution in [-0.4, -0.2) is 5.11 Å². The normalized spacial score (nSPS) is 14.1. The zero-order valence-electron chi connectivity index (χ0n) is 49.1. The van der Waals surface area contributed by atoms with Crippen LogP contribution in [-0.2, 0) is 0 Å². The molecule has 4 nitrogen and oxygen atoms in total. The van der Waals surface area contributed by atoms with Gasteiger partial charge in [0.15, 0.2) is 5.58 Å². The van der Waals surface area contributed by atoms with E-state index in [9.17, 15) is 5.11 Å². The molecule has 4 heteroatoms. The smallest absolute Gasteiger partial charge is 0.159 e. The SMILES string of the molecule is Cc1cc(C)cc(N(c2cc(C3CCCC3)c3ccc4c(N(c5cc(C)ccc5C)c5cccc(-c6cccc(-c7ccccc7C)c6)c5O)cc(C5CCCC5)c5ccc2c3c54)c2cccc3c2oc2c(-c4ccccc4C)cccc23)c1. The monoisotopic (exact) mass is 1090 g/mol. The van der Waals surface area contributed by atoms with Gasteiger partial charge in [0.1, 0.15) is 11.3 Å². The number of nitrogens with zero attached hydrogens (tertiary/aromatic N) is 2. The molecule has 0 saturated heterocycles. The van der Waals surface area contributed by atoms with Crippen LogP contribution in [0.2, 0.25) is 0 Å². The molecule has 2 aliphatic carbocycles. The highest BCUT2D eigenvalue weighted by atomic mass is 16.3. The number of fused-ring (bicyclic) bond motifs is 3. The van der Waals surface area contributed by atoms with E-state index in [-0.39, 0.29) is 5.75 Å². The number of hydrogen-bond donors (Lipinski definition) is 1. The molecule has 0 spiro atoms. The predicted molar refractivity (Wildman–Crippen MR) is 356 cm³/mol. The molecule has 0 radical (unpaired) electrons. The summed E-state index contributed by atoms with van der Waals surface area (Å²) in [6.07, 6.45) is 9.51. The van der Waals surface area contributed by atoms with Gasteiger partial charge in [0.25, 0.3) is 0 Å². The Morgan fingerprint density at radius 3 is 1.50 bits per heavy atom. The van der Waals surface area contributed by atoms with Crippen molar-refractivity contribution in [3.05, 3.63) is 245 Å². The van der Waals surface area contributed by atoms with Crippen LogP contribution in [0.5, 0.6) is 5.75 Å². The van der Waals surface area contributed by atoms with E-state index in [1.807, 2.05) is 0 Å². The molecule has 0 unspecified atom stereocenters. The Kier molecular flexibility index (Phi) is 12.7. The molecule has 0 bridgehead atoms. The Balaban J connectivity index is 1.03. The fourth-order valence-electron chi connectivity index (χ4n) is 15.1. The summed E-state index contributed by atoms with van der Waals surface area (Å²) in [4.78, 5) is 4.95. The molecule has 412 valence electrons. The van der Waals surface area contributed by atoms with Gasteiger partial charge in [0.2, 0.25) is 0 Å². The van der Waals surface area contributed by atoms with E-state index >= 15 is 0 Å². The number of hydrogen-bond acceptors (Lipinski definition) is 4. The molecule has 0 amide bonds. The van der Waals surface area contributed by atoms with Crippen molar-refractivity contribution in [2.75, 3.05) is 9.80 Å². The second-order valence-electron chi connectivity index (χ2n) is 24.6. The van der Waals surface area contributed by atoms with Crippen LogP contribution in [0.1, 0.15) is 108 Å². The maximum atomic E-state index is 13.2. The third-order valence-electron chi connectivity index (χ3n) is 19.1. The quantitative estimate of drug-likeness (QED) is 0.131. The first-order valence-corrected chi connectivity index (χ1v) is 30.6. The minimum absolute atomic E-state index is 0.258. The molecule has 15 rings (SSSR count). The van der Waals surface area contributed by atoms with Crippen molar-refractivity contribution in [3.8, 4) is 39.1 Å². The highest BCUT2D eigenvalue weighted by Gasteiger charge is 2.32. The van der Waals surface area contributed by atoms with E-state index in [1.54, 1.807) is 0 Å². The van der Waals surface area contributed by atoms with Gasteiger partial charge < -0.3 is 19.3 Å². The average Bonchev–Trinajstić information content (AvgIpc) is 1.16. The molecule has 1 N–H and O–H groups in total. The Morgan fingerprint density at radius 1 is 0.345 bits per heavy atom. The summed E-state index contributed by atoms with van der Waals surface area (Å²) >= 11 is 0. The average molecular weight is 1090 g/mol. The number of aromatic hydroxyl groups is 1. The molecule has 84 heavy (non-hydrogen) atoms. The molecule has 0 aliphatic heterocycles. The van der Waals surface area contributed by atoms with Gasteiger partial charge in [-0.05, 0) is 216 Å². The van der Waals surface area contributed by atoms with Gasteiger partial charge in [0.05, 0.1) is 22.7 Å². The molecule has 0 atom stereocenters. The summed E-state index contributed by atoms with van der Waals surface area (Å²) in [5, 5.41) is 23.1. The van der Waals surface area contributed by atoms with Crippen LogP contribution in [0, 0.1) is 41.5 Å². The third kappa shape index (κ3) is 8.55. The largest absolute Gasteiger partial charge is 0.505 e.